The van der Waals surface area contributed by atoms with E-state index in [4.69, 9.17) is 9.47 Å². The van der Waals surface area contributed by atoms with Crippen molar-refractivity contribution >= 4 is 11.9 Å². The minimum Gasteiger partial charge on any atom is -0.431 e. The summed E-state index contributed by atoms with van der Waals surface area (Å²) in [5.41, 5.74) is 0. The second-order valence-corrected chi connectivity index (χ2v) is 5.98. The quantitative estimate of drug-likeness (QED) is 0.728. The van der Waals surface area contributed by atoms with Gasteiger partial charge in [-0.2, -0.15) is 0 Å². The molecule has 0 spiro atoms. The van der Waals surface area contributed by atoms with Crippen LogP contribution in [0.5, 0.6) is 0 Å². The molecule has 4 nitrogen and oxygen atoms in total. The van der Waals surface area contributed by atoms with Gasteiger partial charge in [-0.05, 0) is 49.7 Å². The maximum absolute atomic E-state index is 11.3. The third-order valence-electron chi connectivity index (χ3n) is 4.69. The van der Waals surface area contributed by atoms with E-state index >= 15 is 0 Å². The number of ether oxygens (including phenoxy) is 2. The summed E-state index contributed by atoms with van der Waals surface area (Å²) >= 11 is 0. The van der Waals surface area contributed by atoms with Crippen LogP contribution >= 0.6 is 0 Å². The SMILES string of the molecule is CC(=O)OC1=CCC[C@@H]2[C@@H]1[C@@H]1C=C(OC(C)=O)[C@H]2CC1. The van der Waals surface area contributed by atoms with Crippen molar-refractivity contribution in [1.82, 2.24) is 0 Å². The van der Waals surface area contributed by atoms with Gasteiger partial charge in [-0.3, -0.25) is 9.59 Å². The number of hydrogen-bond acceptors (Lipinski definition) is 4. The highest BCUT2D eigenvalue weighted by atomic mass is 16.5. The van der Waals surface area contributed by atoms with Gasteiger partial charge in [0.05, 0.1) is 0 Å². The predicted octanol–water partition coefficient (Wildman–Crippen LogP) is 2.95. The van der Waals surface area contributed by atoms with Crippen molar-refractivity contribution in [1.29, 1.82) is 0 Å². The maximum Gasteiger partial charge on any atom is 0.307 e. The fraction of sp³-hybridized carbons (Fsp3) is 0.625. The van der Waals surface area contributed by atoms with Crippen molar-refractivity contribution in [2.45, 2.75) is 39.5 Å². The number of fused-ring (bicyclic) bond motifs is 1. The van der Waals surface area contributed by atoms with Crippen LogP contribution in [0.4, 0.5) is 0 Å². The zero-order chi connectivity index (χ0) is 14.3. The minimum atomic E-state index is -0.248. The summed E-state index contributed by atoms with van der Waals surface area (Å²) in [5.74, 6) is 2.53. The van der Waals surface area contributed by atoms with Gasteiger partial charge in [0.2, 0.25) is 0 Å². The lowest BCUT2D eigenvalue weighted by atomic mass is 9.58. The Labute approximate surface area is 118 Å². The first-order valence-electron chi connectivity index (χ1n) is 7.35. The van der Waals surface area contributed by atoms with E-state index in [2.05, 4.69) is 12.2 Å². The van der Waals surface area contributed by atoms with Crippen LogP contribution in [-0.2, 0) is 19.1 Å². The Balaban J connectivity index is 1.88. The molecule has 0 aliphatic heterocycles. The zero-order valence-corrected chi connectivity index (χ0v) is 11.9. The Kier molecular flexibility index (Phi) is 3.40. The van der Waals surface area contributed by atoms with Gasteiger partial charge in [0.1, 0.15) is 11.5 Å². The number of rotatable bonds is 2. The fourth-order valence-electron chi connectivity index (χ4n) is 4.12. The molecule has 1 fully saturated rings. The first-order chi connectivity index (χ1) is 9.56. The summed E-state index contributed by atoms with van der Waals surface area (Å²) in [6.07, 6.45) is 8.30. The van der Waals surface area contributed by atoms with Crippen molar-refractivity contribution in [3.8, 4) is 0 Å². The Morgan fingerprint density at radius 3 is 2.45 bits per heavy atom. The second kappa shape index (κ2) is 5.08. The molecule has 4 atom stereocenters. The lowest BCUT2D eigenvalue weighted by Gasteiger charge is -2.48. The monoisotopic (exact) mass is 276 g/mol. The van der Waals surface area contributed by atoms with Crippen molar-refractivity contribution in [3.63, 3.8) is 0 Å². The van der Waals surface area contributed by atoms with Crippen LogP contribution in [-0.4, -0.2) is 11.9 Å². The highest BCUT2D eigenvalue weighted by molar-refractivity contribution is 5.68. The van der Waals surface area contributed by atoms with Gasteiger partial charge in [0.25, 0.3) is 0 Å². The summed E-state index contributed by atoms with van der Waals surface area (Å²) in [4.78, 5) is 22.5. The number of esters is 2. The molecule has 0 aromatic heterocycles. The van der Waals surface area contributed by atoms with Crippen LogP contribution in [0.1, 0.15) is 39.5 Å². The van der Waals surface area contributed by atoms with Crippen molar-refractivity contribution in [3.05, 3.63) is 23.7 Å². The second-order valence-electron chi connectivity index (χ2n) is 5.98. The fourth-order valence-corrected chi connectivity index (χ4v) is 4.12. The van der Waals surface area contributed by atoms with E-state index in [1.807, 2.05) is 0 Å². The molecule has 108 valence electrons. The first-order valence-corrected chi connectivity index (χ1v) is 7.35. The molecule has 0 heterocycles. The number of allylic oxidation sites excluding steroid dienone is 4. The largest absolute Gasteiger partial charge is 0.431 e. The van der Waals surface area contributed by atoms with E-state index in [-0.39, 0.29) is 17.9 Å². The van der Waals surface area contributed by atoms with Crippen molar-refractivity contribution in [2.24, 2.45) is 23.7 Å². The summed E-state index contributed by atoms with van der Waals surface area (Å²) in [5, 5.41) is 0. The van der Waals surface area contributed by atoms with Crippen LogP contribution in [0.2, 0.25) is 0 Å². The van der Waals surface area contributed by atoms with Crippen LogP contribution in [0.3, 0.4) is 0 Å². The van der Waals surface area contributed by atoms with Gasteiger partial charge in [-0.25, -0.2) is 0 Å². The van der Waals surface area contributed by atoms with E-state index < -0.39 is 0 Å². The highest BCUT2D eigenvalue weighted by Gasteiger charge is 2.48. The van der Waals surface area contributed by atoms with E-state index in [0.717, 1.165) is 37.2 Å². The molecule has 1 saturated carbocycles. The number of hydrogen-bond donors (Lipinski definition) is 0. The molecule has 0 radical (unpaired) electrons. The average Bonchev–Trinajstić information content (AvgIpc) is 2.38. The third kappa shape index (κ3) is 2.28. The van der Waals surface area contributed by atoms with Gasteiger partial charge < -0.3 is 9.47 Å². The van der Waals surface area contributed by atoms with Crippen molar-refractivity contribution < 1.29 is 19.1 Å². The normalized spacial score (nSPS) is 34.7. The molecular formula is C16H20O4. The third-order valence-corrected chi connectivity index (χ3v) is 4.69. The Morgan fingerprint density at radius 2 is 1.75 bits per heavy atom. The molecule has 2 bridgehead atoms. The summed E-state index contributed by atoms with van der Waals surface area (Å²) in [6, 6.07) is 0. The van der Waals surface area contributed by atoms with Crippen LogP contribution < -0.4 is 0 Å². The van der Waals surface area contributed by atoms with Gasteiger partial charge in [-0.15, -0.1) is 0 Å². The summed E-state index contributed by atoms with van der Waals surface area (Å²) in [7, 11) is 0. The molecule has 0 N–H and O–H groups in total. The van der Waals surface area contributed by atoms with Crippen LogP contribution in [0.25, 0.3) is 0 Å². The molecular weight excluding hydrogens is 256 g/mol. The topological polar surface area (TPSA) is 52.6 Å². The standard InChI is InChI=1S/C16H20O4/c1-9(17)19-14-5-3-4-13-12-7-6-11(16(13)14)8-15(12)20-10(2)18/h5,8,11-13,16H,3-4,6-7H2,1-2H3/t11-,12-,13-,16-/m0/s1. The maximum atomic E-state index is 11.3. The number of carbonyl (C=O) groups excluding carboxylic acids is 2. The summed E-state index contributed by atoms with van der Waals surface area (Å²) in [6.45, 7) is 2.90. The van der Waals surface area contributed by atoms with E-state index in [1.165, 1.54) is 13.8 Å². The molecule has 0 unspecified atom stereocenters. The lowest BCUT2D eigenvalue weighted by Crippen LogP contribution is -2.43. The molecule has 4 aliphatic carbocycles. The van der Waals surface area contributed by atoms with Gasteiger partial charge in [-0.1, -0.05) is 0 Å². The molecule has 0 saturated heterocycles. The molecule has 20 heavy (non-hydrogen) atoms. The molecule has 4 heteroatoms. The molecule has 4 aliphatic rings. The van der Waals surface area contributed by atoms with Gasteiger partial charge in [0, 0.05) is 25.7 Å². The number of carbonyl (C=O) groups is 2. The predicted molar refractivity (Wildman–Crippen MR) is 72.1 cm³/mol. The minimum absolute atomic E-state index is 0.244. The van der Waals surface area contributed by atoms with E-state index in [0.29, 0.717) is 17.8 Å². The van der Waals surface area contributed by atoms with E-state index in [9.17, 15) is 9.59 Å². The van der Waals surface area contributed by atoms with Crippen LogP contribution in [0, 0.1) is 23.7 Å². The van der Waals surface area contributed by atoms with Crippen molar-refractivity contribution in [2.75, 3.05) is 0 Å². The first kappa shape index (κ1) is 13.4. The van der Waals surface area contributed by atoms with Gasteiger partial charge >= 0.3 is 11.9 Å². The van der Waals surface area contributed by atoms with Crippen LogP contribution in [0.15, 0.2) is 23.7 Å². The molecule has 0 amide bonds. The Hall–Kier alpha value is -1.58. The lowest BCUT2D eigenvalue weighted by molar-refractivity contribution is -0.140. The summed E-state index contributed by atoms with van der Waals surface area (Å²) < 4.78 is 10.8. The Morgan fingerprint density at radius 1 is 1.05 bits per heavy atom. The van der Waals surface area contributed by atoms with Gasteiger partial charge in [0.15, 0.2) is 0 Å². The molecule has 4 rings (SSSR count). The smallest absolute Gasteiger partial charge is 0.307 e. The zero-order valence-electron chi connectivity index (χ0n) is 11.9. The van der Waals surface area contributed by atoms with E-state index in [1.54, 1.807) is 0 Å². The Bertz CT molecular complexity index is 503. The molecule has 0 aromatic rings. The molecule has 0 aromatic carbocycles. The highest BCUT2D eigenvalue weighted by Crippen LogP contribution is 2.54. The average molecular weight is 276 g/mol.